The SMILES string of the molecule is CCCCOc1ccc(C2C(=C(O)c3ccc(F)cc3)C(=O)C(=O)N2c2cc(C)on2)cc1OC. The van der Waals surface area contributed by atoms with Gasteiger partial charge in [-0.15, -0.1) is 0 Å². The molecule has 2 aromatic carbocycles. The van der Waals surface area contributed by atoms with Crippen molar-refractivity contribution in [3.8, 4) is 11.5 Å². The first kappa shape index (κ1) is 24.0. The molecule has 1 saturated heterocycles. The fraction of sp³-hybridized carbons (Fsp3) is 0.269. The molecule has 9 heteroatoms. The summed E-state index contributed by atoms with van der Waals surface area (Å²) < 4.78 is 29.9. The van der Waals surface area contributed by atoms with Crippen LogP contribution in [-0.4, -0.2) is 35.7 Å². The van der Waals surface area contributed by atoms with Gasteiger partial charge in [-0.1, -0.05) is 24.6 Å². The summed E-state index contributed by atoms with van der Waals surface area (Å²) >= 11 is 0. The van der Waals surface area contributed by atoms with E-state index in [1.54, 1.807) is 25.1 Å². The number of carbonyl (C=O) groups excluding carboxylic acids is 2. The Bertz CT molecular complexity index is 1280. The Morgan fingerprint density at radius 3 is 2.51 bits per heavy atom. The highest BCUT2D eigenvalue weighted by Crippen LogP contribution is 2.44. The molecular formula is C26H25FN2O6. The van der Waals surface area contributed by atoms with Crippen LogP contribution in [0.5, 0.6) is 11.5 Å². The Hall–Kier alpha value is -4.14. The van der Waals surface area contributed by atoms with Crippen LogP contribution in [0.4, 0.5) is 10.2 Å². The molecule has 0 spiro atoms. The number of ketones is 1. The second kappa shape index (κ2) is 10.0. The number of benzene rings is 2. The zero-order valence-electron chi connectivity index (χ0n) is 19.6. The van der Waals surface area contributed by atoms with Gasteiger partial charge in [0.05, 0.1) is 25.3 Å². The molecule has 3 aromatic rings. The number of aryl methyl sites for hydroxylation is 1. The van der Waals surface area contributed by atoms with Crippen molar-refractivity contribution in [2.24, 2.45) is 0 Å². The Kier molecular flexibility index (Phi) is 6.86. The first-order chi connectivity index (χ1) is 16.8. The molecule has 1 amide bonds. The largest absolute Gasteiger partial charge is 0.507 e. The Balaban J connectivity index is 1.87. The molecule has 1 N–H and O–H groups in total. The highest BCUT2D eigenvalue weighted by molar-refractivity contribution is 6.51. The van der Waals surface area contributed by atoms with Gasteiger partial charge in [-0.25, -0.2) is 4.39 Å². The summed E-state index contributed by atoms with van der Waals surface area (Å²) in [6.45, 7) is 4.22. The number of hydrogen-bond acceptors (Lipinski definition) is 7. The molecular weight excluding hydrogens is 455 g/mol. The lowest BCUT2D eigenvalue weighted by atomic mass is 9.95. The molecule has 1 atom stereocenters. The molecule has 1 unspecified atom stereocenters. The number of amides is 1. The van der Waals surface area contributed by atoms with E-state index < -0.39 is 29.3 Å². The van der Waals surface area contributed by atoms with E-state index in [2.05, 4.69) is 12.1 Å². The summed E-state index contributed by atoms with van der Waals surface area (Å²) in [6, 6.07) is 10.5. The molecule has 1 fully saturated rings. The van der Waals surface area contributed by atoms with E-state index in [1.165, 1.54) is 30.2 Å². The fourth-order valence-electron chi connectivity index (χ4n) is 3.91. The van der Waals surface area contributed by atoms with Crippen molar-refractivity contribution in [2.45, 2.75) is 32.7 Å². The van der Waals surface area contributed by atoms with E-state index in [9.17, 15) is 19.1 Å². The van der Waals surface area contributed by atoms with Gasteiger partial charge in [-0.2, -0.15) is 0 Å². The van der Waals surface area contributed by atoms with Crippen molar-refractivity contribution in [2.75, 3.05) is 18.6 Å². The Morgan fingerprint density at radius 1 is 1.14 bits per heavy atom. The Morgan fingerprint density at radius 2 is 1.89 bits per heavy atom. The maximum Gasteiger partial charge on any atom is 0.301 e. The van der Waals surface area contributed by atoms with Gasteiger partial charge < -0.3 is 19.1 Å². The van der Waals surface area contributed by atoms with Crippen molar-refractivity contribution in [1.82, 2.24) is 5.16 Å². The predicted molar refractivity (Wildman–Crippen MR) is 126 cm³/mol. The van der Waals surface area contributed by atoms with Crippen LogP contribution in [0, 0.1) is 12.7 Å². The number of rotatable bonds is 8. The zero-order valence-corrected chi connectivity index (χ0v) is 19.6. The number of aliphatic hydroxyl groups is 1. The van der Waals surface area contributed by atoms with E-state index in [1.807, 2.05) is 0 Å². The molecule has 8 nitrogen and oxygen atoms in total. The van der Waals surface area contributed by atoms with Crippen LogP contribution in [0.2, 0.25) is 0 Å². The second-order valence-corrected chi connectivity index (χ2v) is 8.08. The third-order valence-corrected chi connectivity index (χ3v) is 5.68. The number of hydrogen-bond donors (Lipinski definition) is 1. The third kappa shape index (κ3) is 4.62. The molecule has 35 heavy (non-hydrogen) atoms. The van der Waals surface area contributed by atoms with E-state index in [0.717, 1.165) is 25.0 Å². The van der Waals surface area contributed by atoms with E-state index in [4.69, 9.17) is 14.0 Å². The van der Waals surface area contributed by atoms with E-state index in [0.29, 0.717) is 29.4 Å². The summed E-state index contributed by atoms with van der Waals surface area (Å²) in [4.78, 5) is 27.5. The second-order valence-electron chi connectivity index (χ2n) is 8.08. The van der Waals surface area contributed by atoms with Crippen molar-refractivity contribution in [3.05, 3.63) is 76.8 Å². The van der Waals surface area contributed by atoms with Crippen LogP contribution in [0.3, 0.4) is 0 Å². The highest BCUT2D eigenvalue weighted by Gasteiger charge is 2.48. The van der Waals surface area contributed by atoms with Crippen molar-refractivity contribution in [3.63, 3.8) is 0 Å². The summed E-state index contributed by atoms with van der Waals surface area (Å²) in [5.41, 5.74) is 0.509. The van der Waals surface area contributed by atoms with Gasteiger partial charge in [-0.05, 0) is 55.3 Å². The minimum Gasteiger partial charge on any atom is -0.507 e. The summed E-state index contributed by atoms with van der Waals surface area (Å²) in [5.74, 6) is -1.24. The predicted octanol–water partition coefficient (Wildman–Crippen LogP) is 4.94. The van der Waals surface area contributed by atoms with Crippen LogP contribution in [-0.2, 0) is 9.59 Å². The number of unbranched alkanes of at least 4 members (excludes halogenated alkanes) is 1. The average Bonchev–Trinajstić information content (AvgIpc) is 3.39. The Labute approximate surface area is 201 Å². The fourth-order valence-corrected chi connectivity index (χ4v) is 3.91. The van der Waals surface area contributed by atoms with Gasteiger partial charge in [0, 0.05) is 11.6 Å². The number of ether oxygens (including phenoxy) is 2. The normalized spacial score (nSPS) is 17.1. The molecule has 1 aromatic heterocycles. The topological polar surface area (TPSA) is 102 Å². The number of halogens is 1. The number of carbonyl (C=O) groups is 2. The van der Waals surface area contributed by atoms with Crippen LogP contribution < -0.4 is 14.4 Å². The standard InChI is InChI=1S/C26H25FN2O6/c1-4-5-12-34-19-11-8-17(14-20(19)33-3)23-22(24(30)16-6-9-18(27)10-7-16)25(31)26(32)29(23)21-13-15(2)35-28-21/h6-11,13-14,23,30H,4-5,12H2,1-3H3. The van der Waals surface area contributed by atoms with Crippen molar-refractivity contribution < 1.29 is 33.1 Å². The van der Waals surface area contributed by atoms with Gasteiger partial charge >= 0.3 is 5.91 Å². The zero-order chi connectivity index (χ0) is 25.1. The van der Waals surface area contributed by atoms with Crippen LogP contribution in [0.1, 0.15) is 42.7 Å². The highest BCUT2D eigenvalue weighted by atomic mass is 19.1. The molecule has 0 bridgehead atoms. The van der Waals surface area contributed by atoms with Crippen molar-refractivity contribution in [1.29, 1.82) is 0 Å². The molecule has 4 rings (SSSR count). The summed E-state index contributed by atoms with van der Waals surface area (Å²) in [6.07, 6.45) is 1.84. The number of nitrogens with zero attached hydrogens (tertiary/aromatic N) is 2. The number of anilines is 1. The minimum absolute atomic E-state index is 0.120. The quantitative estimate of drug-likeness (QED) is 0.211. The van der Waals surface area contributed by atoms with Gasteiger partial charge in [0.15, 0.2) is 17.3 Å². The maximum absolute atomic E-state index is 13.5. The molecule has 0 saturated carbocycles. The van der Waals surface area contributed by atoms with Gasteiger partial charge in [0.25, 0.3) is 5.78 Å². The maximum atomic E-state index is 13.5. The molecule has 2 heterocycles. The number of methoxy groups -OCH3 is 1. The van der Waals surface area contributed by atoms with Gasteiger partial charge in [-0.3, -0.25) is 14.5 Å². The first-order valence-electron chi connectivity index (χ1n) is 11.2. The minimum atomic E-state index is -1.04. The molecule has 182 valence electrons. The lowest BCUT2D eigenvalue weighted by molar-refractivity contribution is -0.132. The van der Waals surface area contributed by atoms with Gasteiger partial charge in [0.2, 0.25) is 0 Å². The first-order valence-corrected chi connectivity index (χ1v) is 11.2. The van der Waals surface area contributed by atoms with Crippen LogP contribution in [0.15, 0.2) is 58.6 Å². The average molecular weight is 480 g/mol. The van der Waals surface area contributed by atoms with E-state index >= 15 is 0 Å². The van der Waals surface area contributed by atoms with Crippen LogP contribution in [0.25, 0.3) is 5.76 Å². The molecule has 0 radical (unpaired) electrons. The van der Waals surface area contributed by atoms with Crippen molar-refractivity contribution >= 4 is 23.3 Å². The number of Topliss-reactive ketones (excluding diaryl/α,β-unsaturated/α-hetero) is 1. The smallest absolute Gasteiger partial charge is 0.301 e. The molecule has 1 aliphatic rings. The third-order valence-electron chi connectivity index (χ3n) is 5.68. The molecule has 1 aliphatic heterocycles. The van der Waals surface area contributed by atoms with E-state index in [-0.39, 0.29) is 17.0 Å². The monoisotopic (exact) mass is 480 g/mol. The summed E-state index contributed by atoms with van der Waals surface area (Å²) in [7, 11) is 1.49. The van der Waals surface area contributed by atoms with Gasteiger partial charge in [0.1, 0.15) is 17.3 Å². The summed E-state index contributed by atoms with van der Waals surface area (Å²) in [5, 5.41) is 15.0. The lowest BCUT2D eigenvalue weighted by Crippen LogP contribution is -2.29. The number of aromatic nitrogens is 1. The van der Waals surface area contributed by atoms with Crippen LogP contribution >= 0.6 is 0 Å². The number of aliphatic hydroxyl groups excluding tert-OH is 1. The lowest BCUT2D eigenvalue weighted by Gasteiger charge is -2.23. The molecule has 0 aliphatic carbocycles.